The number of nitrogens with one attached hydrogen (secondary N) is 1. The Kier molecular flexibility index (Phi) is 3.71. The summed E-state index contributed by atoms with van der Waals surface area (Å²) < 4.78 is 13.6. The molecule has 2 aromatic rings. The van der Waals surface area contributed by atoms with Gasteiger partial charge in [0.25, 0.3) is 0 Å². The van der Waals surface area contributed by atoms with E-state index in [1.165, 1.54) is 19.1 Å². The molecule has 0 saturated heterocycles. The van der Waals surface area contributed by atoms with Crippen LogP contribution in [0.25, 0.3) is 0 Å². The molecule has 2 aromatic carbocycles. The summed E-state index contributed by atoms with van der Waals surface area (Å²) >= 11 is 5.92. The number of ketones is 1. The molecule has 0 amide bonds. The van der Waals surface area contributed by atoms with Crippen LogP contribution in [0.4, 0.5) is 21.5 Å². The van der Waals surface area contributed by atoms with E-state index in [1.54, 1.807) is 24.3 Å². The lowest BCUT2D eigenvalue weighted by atomic mass is 10.1. The molecule has 0 atom stereocenters. The van der Waals surface area contributed by atoms with E-state index < -0.39 is 5.82 Å². The lowest BCUT2D eigenvalue weighted by Gasteiger charge is -2.11. The lowest BCUT2D eigenvalue weighted by molar-refractivity contribution is 0.101. The number of nitrogen functional groups attached to an aromatic ring is 1. The van der Waals surface area contributed by atoms with Crippen LogP contribution in [-0.2, 0) is 0 Å². The molecule has 0 aliphatic rings. The van der Waals surface area contributed by atoms with Crippen LogP contribution in [0.15, 0.2) is 36.4 Å². The summed E-state index contributed by atoms with van der Waals surface area (Å²) in [5, 5.41) is 3.11. The third-order valence-corrected chi connectivity index (χ3v) is 2.98. The van der Waals surface area contributed by atoms with Crippen LogP contribution >= 0.6 is 11.6 Å². The summed E-state index contributed by atoms with van der Waals surface area (Å²) in [5.74, 6) is -0.616. The van der Waals surface area contributed by atoms with E-state index >= 15 is 0 Å². The van der Waals surface area contributed by atoms with Crippen molar-refractivity contribution in [1.29, 1.82) is 0 Å². The summed E-state index contributed by atoms with van der Waals surface area (Å²) in [7, 11) is 0. The fraction of sp³-hybridized carbons (Fsp3) is 0.0714. The van der Waals surface area contributed by atoms with Gasteiger partial charge in [0.05, 0.1) is 10.7 Å². The number of benzene rings is 2. The van der Waals surface area contributed by atoms with Crippen molar-refractivity contribution in [3.8, 4) is 0 Å². The highest BCUT2D eigenvalue weighted by molar-refractivity contribution is 6.33. The van der Waals surface area contributed by atoms with Crippen molar-refractivity contribution < 1.29 is 9.18 Å². The number of hydrogen-bond acceptors (Lipinski definition) is 3. The lowest BCUT2D eigenvalue weighted by Crippen LogP contribution is -2.02. The van der Waals surface area contributed by atoms with Crippen LogP contribution in [0.3, 0.4) is 0 Å². The topological polar surface area (TPSA) is 55.1 Å². The van der Waals surface area contributed by atoms with Crippen molar-refractivity contribution in [1.82, 2.24) is 0 Å². The summed E-state index contributed by atoms with van der Waals surface area (Å²) in [6.45, 7) is 1.42. The Labute approximate surface area is 115 Å². The van der Waals surface area contributed by atoms with Gasteiger partial charge < -0.3 is 11.1 Å². The molecule has 0 radical (unpaired) electrons. The van der Waals surface area contributed by atoms with Gasteiger partial charge in [-0.05, 0) is 37.3 Å². The van der Waals surface area contributed by atoms with E-state index in [1.807, 2.05) is 0 Å². The molecule has 0 fully saturated rings. The van der Waals surface area contributed by atoms with E-state index in [-0.39, 0.29) is 16.5 Å². The third kappa shape index (κ3) is 2.85. The van der Waals surface area contributed by atoms with E-state index in [0.29, 0.717) is 16.9 Å². The first-order valence-corrected chi connectivity index (χ1v) is 5.98. The molecule has 0 aliphatic heterocycles. The average Bonchev–Trinajstić information content (AvgIpc) is 2.35. The van der Waals surface area contributed by atoms with Gasteiger partial charge in [-0.1, -0.05) is 17.7 Å². The van der Waals surface area contributed by atoms with Crippen LogP contribution in [0.1, 0.15) is 17.3 Å². The zero-order valence-electron chi connectivity index (χ0n) is 10.2. The SMILES string of the molecule is CC(=O)c1cc(Nc2c(F)cccc2Cl)ccc1N. The highest BCUT2D eigenvalue weighted by Crippen LogP contribution is 2.29. The van der Waals surface area contributed by atoms with E-state index in [9.17, 15) is 9.18 Å². The minimum absolute atomic E-state index is 0.152. The van der Waals surface area contributed by atoms with E-state index in [0.717, 1.165) is 0 Å². The second-order valence-electron chi connectivity index (χ2n) is 4.08. The van der Waals surface area contributed by atoms with Crippen LogP contribution in [0.2, 0.25) is 5.02 Å². The van der Waals surface area contributed by atoms with Crippen LogP contribution in [-0.4, -0.2) is 5.78 Å². The quantitative estimate of drug-likeness (QED) is 0.659. The maximum Gasteiger partial charge on any atom is 0.161 e. The minimum Gasteiger partial charge on any atom is -0.398 e. The monoisotopic (exact) mass is 278 g/mol. The molecule has 0 heterocycles. The molecule has 0 aromatic heterocycles. The van der Waals surface area contributed by atoms with Crippen molar-refractivity contribution in [2.45, 2.75) is 6.92 Å². The minimum atomic E-state index is -0.464. The Balaban J connectivity index is 2.39. The first kappa shape index (κ1) is 13.4. The first-order valence-electron chi connectivity index (χ1n) is 5.60. The maximum atomic E-state index is 13.6. The van der Waals surface area contributed by atoms with Crippen molar-refractivity contribution in [3.63, 3.8) is 0 Å². The van der Waals surface area contributed by atoms with Crippen molar-refractivity contribution in [3.05, 3.63) is 52.8 Å². The fourth-order valence-corrected chi connectivity index (χ4v) is 1.91. The smallest absolute Gasteiger partial charge is 0.161 e. The summed E-state index contributed by atoms with van der Waals surface area (Å²) in [6.07, 6.45) is 0. The van der Waals surface area contributed by atoms with Crippen LogP contribution in [0, 0.1) is 5.82 Å². The van der Waals surface area contributed by atoms with Crippen LogP contribution in [0.5, 0.6) is 0 Å². The molecule has 3 N–H and O–H groups in total. The predicted octanol–water partition coefficient (Wildman–Crippen LogP) is 4.01. The molecule has 0 aliphatic carbocycles. The first-order chi connectivity index (χ1) is 8.99. The Hall–Kier alpha value is -2.07. The normalized spacial score (nSPS) is 10.3. The highest BCUT2D eigenvalue weighted by atomic mass is 35.5. The second kappa shape index (κ2) is 5.28. The fourth-order valence-electron chi connectivity index (χ4n) is 1.70. The number of Topliss-reactive ketones (excluding diaryl/α,β-unsaturated/α-hetero) is 1. The Bertz CT molecular complexity index is 623. The van der Waals surface area contributed by atoms with Gasteiger partial charge in [0.1, 0.15) is 5.82 Å². The maximum absolute atomic E-state index is 13.6. The number of carbonyl (C=O) groups excluding carboxylic acids is 1. The number of halogens is 2. The van der Waals surface area contributed by atoms with Gasteiger partial charge in [0, 0.05) is 16.9 Å². The molecule has 3 nitrogen and oxygen atoms in total. The molecule has 0 spiro atoms. The van der Waals surface area contributed by atoms with Gasteiger partial charge in [-0.15, -0.1) is 0 Å². The van der Waals surface area contributed by atoms with Crippen molar-refractivity contribution >= 4 is 34.4 Å². The number of para-hydroxylation sites is 1. The second-order valence-corrected chi connectivity index (χ2v) is 4.49. The zero-order valence-corrected chi connectivity index (χ0v) is 11.0. The number of anilines is 3. The summed E-state index contributed by atoms with van der Waals surface area (Å²) in [6, 6.07) is 9.22. The molecular weight excluding hydrogens is 267 g/mol. The molecular formula is C14H12ClFN2O. The molecule has 2 rings (SSSR count). The Morgan fingerprint density at radius 3 is 2.68 bits per heavy atom. The number of nitrogens with two attached hydrogens (primary N) is 1. The predicted molar refractivity (Wildman–Crippen MR) is 75.6 cm³/mol. The Morgan fingerprint density at radius 2 is 2.05 bits per heavy atom. The van der Waals surface area contributed by atoms with Gasteiger partial charge in [0.15, 0.2) is 5.78 Å². The largest absolute Gasteiger partial charge is 0.398 e. The third-order valence-electron chi connectivity index (χ3n) is 2.66. The summed E-state index contributed by atoms with van der Waals surface area (Å²) in [4.78, 5) is 11.4. The number of carbonyl (C=O) groups is 1. The van der Waals surface area contributed by atoms with Gasteiger partial charge in [0.2, 0.25) is 0 Å². The van der Waals surface area contributed by atoms with E-state index in [2.05, 4.69) is 5.32 Å². The van der Waals surface area contributed by atoms with E-state index in [4.69, 9.17) is 17.3 Å². The number of hydrogen-bond donors (Lipinski definition) is 2. The standard InChI is InChI=1S/C14H12ClFN2O/c1-8(19)10-7-9(5-6-13(10)17)18-14-11(15)3-2-4-12(14)16/h2-7,18H,17H2,1H3. The summed E-state index contributed by atoms with van der Waals surface area (Å²) in [5.41, 5.74) is 7.19. The molecule has 0 unspecified atom stereocenters. The van der Waals surface area contributed by atoms with Gasteiger partial charge in [-0.25, -0.2) is 4.39 Å². The highest BCUT2D eigenvalue weighted by Gasteiger charge is 2.09. The number of rotatable bonds is 3. The molecule has 0 bridgehead atoms. The molecule has 5 heteroatoms. The Morgan fingerprint density at radius 1 is 1.32 bits per heavy atom. The van der Waals surface area contributed by atoms with Gasteiger partial charge >= 0.3 is 0 Å². The van der Waals surface area contributed by atoms with Crippen molar-refractivity contribution in [2.75, 3.05) is 11.1 Å². The molecule has 98 valence electrons. The molecule has 19 heavy (non-hydrogen) atoms. The zero-order chi connectivity index (χ0) is 14.0. The van der Waals surface area contributed by atoms with Gasteiger partial charge in [-0.3, -0.25) is 4.79 Å². The van der Waals surface area contributed by atoms with Gasteiger partial charge in [-0.2, -0.15) is 0 Å². The molecule has 0 saturated carbocycles. The van der Waals surface area contributed by atoms with Crippen molar-refractivity contribution in [2.24, 2.45) is 0 Å². The average molecular weight is 279 g/mol. The van der Waals surface area contributed by atoms with Crippen LogP contribution < -0.4 is 11.1 Å².